The quantitative estimate of drug-likeness (QED) is 0.877. The first-order chi connectivity index (χ1) is 9.70. The number of carbonyl (C=O) groups is 1. The molecule has 2 bridgehead atoms. The van der Waals surface area contributed by atoms with Crippen molar-refractivity contribution in [3.8, 4) is 0 Å². The van der Waals surface area contributed by atoms with Crippen LogP contribution in [0.2, 0.25) is 0 Å². The molecule has 1 aromatic heterocycles. The van der Waals surface area contributed by atoms with Crippen molar-refractivity contribution in [1.29, 1.82) is 0 Å². The molecule has 0 aliphatic heterocycles. The second-order valence-corrected chi connectivity index (χ2v) is 7.87. The van der Waals surface area contributed by atoms with E-state index < -0.39 is 0 Å². The second-order valence-electron chi connectivity index (χ2n) is 6.63. The molecule has 3 aliphatic rings. The molecular formula is C15H21N3OS. The highest BCUT2D eigenvalue weighted by molar-refractivity contribution is 7.15. The molecule has 0 radical (unpaired) electrons. The molecule has 1 heterocycles. The van der Waals surface area contributed by atoms with Gasteiger partial charge in [-0.1, -0.05) is 6.42 Å². The molecule has 108 valence electrons. The first-order valence-electron chi connectivity index (χ1n) is 7.70. The van der Waals surface area contributed by atoms with Crippen LogP contribution in [0.1, 0.15) is 37.0 Å². The van der Waals surface area contributed by atoms with Crippen molar-refractivity contribution < 1.29 is 4.79 Å². The summed E-state index contributed by atoms with van der Waals surface area (Å²) >= 11 is 1.52. The molecular weight excluding hydrogens is 270 g/mol. The maximum absolute atomic E-state index is 12.1. The summed E-state index contributed by atoms with van der Waals surface area (Å²) in [6.45, 7) is 2.00. The number of hydrogen-bond acceptors (Lipinski definition) is 3. The Hall–Kier alpha value is -1.10. The van der Waals surface area contributed by atoms with Crippen LogP contribution in [0.4, 0.5) is 9.93 Å². The fourth-order valence-corrected chi connectivity index (χ4v) is 5.61. The highest BCUT2D eigenvalue weighted by Crippen LogP contribution is 2.58. The van der Waals surface area contributed by atoms with E-state index in [1.54, 1.807) is 6.20 Å². The predicted octanol–water partition coefficient (Wildman–Crippen LogP) is 3.40. The molecule has 5 atom stereocenters. The number of carbonyl (C=O) groups excluding carboxylic acids is 1. The maximum atomic E-state index is 12.1. The van der Waals surface area contributed by atoms with E-state index in [9.17, 15) is 4.79 Å². The van der Waals surface area contributed by atoms with Crippen molar-refractivity contribution in [1.82, 2.24) is 10.3 Å². The fourth-order valence-electron chi connectivity index (χ4n) is 4.95. The Balaban J connectivity index is 1.37. The molecule has 3 aliphatic carbocycles. The van der Waals surface area contributed by atoms with Gasteiger partial charge in [0.25, 0.3) is 0 Å². The van der Waals surface area contributed by atoms with Crippen LogP contribution in [0.3, 0.4) is 0 Å². The third kappa shape index (κ3) is 2.03. The molecule has 3 fully saturated rings. The van der Waals surface area contributed by atoms with E-state index in [0.717, 1.165) is 28.5 Å². The Bertz CT molecular complexity index is 529. The van der Waals surface area contributed by atoms with Crippen LogP contribution in [-0.4, -0.2) is 17.1 Å². The summed E-state index contributed by atoms with van der Waals surface area (Å²) in [6, 6.07) is 0.312. The first kappa shape index (κ1) is 12.6. The summed E-state index contributed by atoms with van der Waals surface area (Å²) in [4.78, 5) is 17.4. The van der Waals surface area contributed by atoms with Gasteiger partial charge in [0, 0.05) is 17.1 Å². The van der Waals surface area contributed by atoms with Gasteiger partial charge in [0.15, 0.2) is 5.13 Å². The Morgan fingerprint density at radius 2 is 2.15 bits per heavy atom. The lowest BCUT2D eigenvalue weighted by Gasteiger charge is -2.31. The van der Waals surface area contributed by atoms with E-state index in [-0.39, 0.29) is 6.03 Å². The highest BCUT2D eigenvalue weighted by atomic mass is 32.1. The van der Waals surface area contributed by atoms with Crippen molar-refractivity contribution >= 4 is 22.5 Å². The normalized spacial score (nSPS) is 38.0. The third-order valence-electron chi connectivity index (χ3n) is 5.59. The van der Waals surface area contributed by atoms with Crippen molar-refractivity contribution in [2.75, 3.05) is 5.32 Å². The molecule has 3 saturated carbocycles. The minimum Gasteiger partial charge on any atom is -0.335 e. The Labute approximate surface area is 123 Å². The lowest BCUT2D eigenvalue weighted by Crippen LogP contribution is -2.44. The monoisotopic (exact) mass is 291 g/mol. The van der Waals surface area contributed by atoms with Crippen molar-refractivity contribution in [3.05, 3.63) is 11.1 Å². The molecule has 2 amide bonds. The standard InChI is InChI=1S/C15H21N3OS/c1-8-7-16-15(20-8)18-14(19)17-13-6-9-5-12(13)11-4-2-3-10(9)11/h7,9-13H,2-6H2,1H3,(H2,16,17,18,19). The summed E-state index contributed by atoms with van der Waals surface area (Å²) in [5.74, 6) is 3.47. The summed E-state index contributed by atoms with van der Waals surface area (Å²) in [5.41, 5.74) is 0. The summed E-state index contributed by atoms with van der Waals surface area (Å²) in [5, 5.41) is 6.76. The summed E-state index contributed by atoms with van der Waals surface area (Å²) < 4.78 is 0. The predicted molar refractivity (Wildman–Crippen MR) is 79.8 cm³/mol. The zero-order valence-corrected chi connectivity index (χ0v) is 12.6. The van der Waals surface area contributed by atoms with Crippen LogP contribution in [0.25, 0.3) is 0 Å². The van der Waals surface area contributed by atoms with E-state index >= 15 is 0 Å². The number of aromatic nitrogens is 1. The minimum absolute atomic E-state index is 0.0774. The number of fused-ring (bicyclic) bond motifs is 5. The van der Waals surface area contributed by atoms with Crippen LogP contribution < -0.4 is 10.6 Å². The van der Waals surface area contributed by atoms with E-state index in [4.69, 9.17) is 0 Å². The average molecular weight is 291 g/mol. The number of rotatable bonds is 2. The number of aryl methyl sites for hydroxylation is 1. The topological polar surface area (TPSA) is 54.0 Å². The van der Waals surface area contributed by atoms with Gasteiger partial charge in [-0.15, -0.1) is 11.3 Å². The number of hydrogen-bond donors (Lipinski definition) is 2. The van der Waals surface area contributed by atoms with Gasteiger partial charge < -0.3 is 5.32 Å². The van der Waals surface area contributed by atoms with E-state index in [1.165, 1.54) is 43.4 Å². The SMILES string of the molecule is Cc1cnc(NC(=O)NC2CC3CC2C2CCCC32)s1. The average Bonchev–Trinajstić information content (AvgIpc) is 3.10. The zero-order chi connectivity index (χ0) is 13.7. The highest BCUT2D eigenvalue weighted by Gasteiger charge is 2.54. The molecule has 4 rings (SSSR count). The lowest BCUT2D eigenvalue weighted by atomic mass is 9.79. The van der Waals surface area contributed by atoms with Gasteiger partial charge in [-0.05, 0) is 56.3 Å². The van der Waals surface area contributed by atoms with Gasteiger partial charge in [-0.2, -0.15) is 0 Å². The summed E-state index contributed by atoms with van der Waals surface area (Å²) in [7, 11) is 0. The molecule has 0 aromatic carbocycles. The molecule has 20 heavy (non-hydrogen) atoms. The van der Waals surface area contributed by atoms with Crippen LogP contribution in [0, 0.1) is 30.6 Å². The summed E-state index contributed by atoms with van der Waals surface area (Å²) in [6.07, 6.45) is 8.55. The van der Waals surface area contributed by atoms with Crippen LogP contribution in [0.5, 0.6) is 0 Å². The number of nitrogens with zero attached hydrogens (tertiary/aromatic N) is 1. The number of amides is 2. The smallest absolute Gasteiger partial charge is 0.321 e. The first-order valence-corrected chi connectivity index (χ1v) is 8.52. The van der Waals surface area contributed by atoms with Gasteiger partial charge in [-0.25, -0.2) is 9.78 Å². The van der Waals surface area contributed by atoms with Crippen molar-refractivity contribution in [2.24, 2.45) is 23.7 Å². The lowest BCUT2D eigenvalue weighted by molar-refractivity contribution is 0.203. The molecule has 0 saturated heterocycles. The third-order valence-corrected chi connectivity index (χ3v) is 6.42. The van der Waals surface area contributed by atoms with Gasteiger partial charge in [0.1, 0.15) is 0 Å². The van der Waals surface area contributed by atoms with Crippen LogP contribution in [0.15, 0.2) is 6.20 Å². The van der Waals surface area contributed by atoms with E-state index in [0.29, 0.717) is 11.2 Å². The van der Waals surface area contributed by atoms with E-state index in [2.05, 4.69) is 15.6 Å². The molecule has 2 N–H and O–H groups in total. The maximum Gasteiger partial charge on any atom is 0.321 e. The molecule has 1 aromatic rings. The fraction of sp³-hybridized carbons (Fsp3) is 0.733. The van der Waals surface area contributed by atoms with E-state index in [1.807, 2.05) is 6.92 Å². The van der Waals surface area contributed by atoms with Crippen LogP contribution in [-0.2, 0) is 0 Å². The number of thiazole rings is 1. The van der Waals surface area contributed by atoms with Gasteiger partial charge in [0.2, 0.25) is 0 Å². The minimum atomic E-state index is -0.0774. The Morgan fingerprint density at radius 3 is 2.95 bits per heavy atom. The number of nitrogens with one attached hydrogen (secondary N) is 2. The van der Waals surface area contributed by atoms with Gasteiger partial charge >= 0.3 is 6.03 Å². The zero-order valence-electron chi connectivity index (χ0n) is 11.8. The Morgan fingerprint density at radius 1 is 1.30 bits per heavy atom. The second kappa shape index (κ2) is 4.72. The Kier molecular flexibility index (Phi) is 2.98. The largest absolute Gasteiger partial charge is 0.335 e. The van der Waals surface area contributed by atoms with Gasteiger partial charge in [0.05, 0.1) is 0 Å². The molecule has 5 unspecified atom stereocenters. The van der Waals surface area contributed by atoms with Crippen molar-refractivity contribution in [3.63, 3.8) is 0 Å². The molecule has 5 heteroatoms. The van der Waals surface area contributed by atoms with Crippen LogP contribution >= 0.6 is 11.3 Å². The number of anilines is 1. The van der Waals surface area contributed by atoms with Crippen molar-refractivity contribution in [2.45, 2.75) is 45.1 Å². The molecule has 0 spiro atoms. The van der Waals surface area contributed by atoms with Gasteiger partial charge in [-0.3, -0.25) is 5.32 Å². The molecule has 4 nitrogen and oxygen atoms in total. The number of urea groups is 1.